The topological polar surface area (TPSA) is 12.9 Å². The second kappa shape index (κ2) is 15.3. The number of nitrogens with zero attached hydrogens (tertiary/aromatic N) is 1. The molecule has 0 amide bonds. The van der Waals surface area contributed by atoms with Crippen LogP contribution < -0.4 is 0 Å². The molecule has 1 aromatic heterocycles. The van der Waals surface area contributed by atoms with Crippen molar-refractivity contribution < 1.29 is 21.1 Å². The maximum Gasteiger partial charge on any atom is 2.00 e. The van der Waals surface area contributed by atoms with E-state index in [1.807, 2.05) is 6.92 Å². The largest absolute Gasteiger partial charge is 2.00 e. The van der Waals surface area contributed by atoms with Crippen LogP contribution in [0.25, 0.3) is 0 Å². The van der Waals surface area contributed by atoms with Crippen LogP contribution in [-0.4, -0.2) is 4.98 Å². The second-order valence-corrected chi connectivity index (χ2v) is 7.89. The van der Waals surface area contributed by atoms with Gasteiger partial charge in [0.2, 0.25) is 0 Å². The van der Waals surface area contributed by atoms with E-state index in [2.05, 4.69) is 86.4 Å². The molecule has 0 aliphatic heterocycles. The Balaban J connectivity index is -0.000000408. The van der Waals surface area contributed by atoms with Crippen molar-refractivity contribution >= 4 is 0 Å². The molecule has 0 unspecified atom stereocenters. The van der Waals surface area contributed by atoms with Crippen molar-refractivity contribution in [3.05, 3.63) is 51.4 Å². The van der Waals surface area contributed by atoms with Gasteiger partial charge in [-0.25, -0.2) is 0 Å². The molecule has 0 radical (unpaired) electrons. The van der Waals surface area contributed by atoms with Gasteiger partial charge in [0.25, 0.3) is 0 Å². The minimum atomic E-state index is 0. The van der Waals surface area contributed by atoms with Crippen molar-refractivity contribution in [3.63, 3.8) is 0 Å². The van der Waals surface area contributed by atoms with Gasteiger partial charge in [-0.1, -0.05) is 41.0 Å². The Hall–Kier alpha value is -0.682. The Labute approximate surface area is 185 Å². The first-order chi connectivity index (χ1) is 11.5. The SMILES string of the molecule is C.C[C-]=C(C)C(C)=[C-]CC(C)C.Cc1nc(CC(C)C)c(C)c(C)c1C.[W+2]. The first kappa shape index (κ1) is 31.0. The zero-order valence-electron chi connectivity index (χ0n) is 18.9. The van der Waals surface area contributed by atoms with Crippen LogP contribution in [0.2, 0.25) is 0 Å². The zero-order valence-corrected chi connectivity index (χ0v) is 21.9. The molecule has 0 bridgehead atoms. The Bertz CT molecular complexity index is 607. The van der Waals surface area contributed by atoms with Gasteiger partial charge in [-0.05, 0) is 56.7 Å². The van der Waals surface area contributed by atoms with Gasteiger partial charge in [-0.3, -0.25) is 4.98 Å². The fraction of sp³-hybridized carbons (Fsp3) is 0.640. The Morgan fingerprint density at radius 3 is 1.78 bits per heavy atom. The Morgan fingerprint density at radius 2 is 1.37 bits per heavy atom. The summed E-state index contributed by atoms with van der Waals surface area (Å²) >= 11 is 0. The molecule has 0 saturated heterocycles. The van der Waals surface area contributed by atoms with Crippen molar-refractivity contribution in [2.24, 2.45) is 11.8 Å². The smallest absolute Gasteiger partial charge is 0.376 e. The number of aromatic nitrogens is 1. The Morgan fingerprint density at radius 1 is 0.852 bits per heavy atom. The molecule has 0 saturated carbocycles. The van der Waals surface area contributed by atoms with E-state index in [9.17, 15) is 0 Å². The summed E-state index contributed by atoms with van der Waals surface area (Å²) in [5.41, 5.74) is 9.04. The Kier molecular flexibility index (Phi) is 17.5. The molecule has 1 nitrogen and oxygen atoms in total. The number of hydrogen-bond acceptors (Lipinski definition) is 1. The van der Waals surface area contributed by atoms with Crippen molar-refractivity contribution in [1.29, 1.82) is 0 Å². The van der Waals surface area contributed by atoms with Gasteiger partial charge in [0.05, 0.1) is 0 Å². The molecule has 27 heavy (non-hydrogen) atoms. The molecule has 0 N–H and O–H groups in total. The predicted octanol–water partition coefficient (Wildman–Crippen LogP) is 7.70. The van der Waals surface area contributed by atoms with E-state index < -0.39 is 0 Å². The third-order valence-electron chi connectivity index (χ3n) is 4.72. The molecular weight excluding hydrogens is 498 g/mol. The fourth-order valence-corrected chi connectivity index (χ4v) is 2.40. The van der Waals surface area contributed by atoms with E-state index in [1.54, 1.807) is 0 Å². The molecule has 1 heterocycles. The van der Waals surface area contributed by atoms with Crippen LogP contribution in [-0.2, 0) is 27.5 Å². The summed E-state index contributed by atoms with van der Waals surface area (Å²) in [6, 6.07) is 0. The van der Waals surface area contributed by atoms with Crippen LogP contribution in [0.3, 0.4) is 0 Å². The monoisotopic (exact) mass is 541 g/mol. The average molecular weight is 541 g/mol. The van der Waals surface area contributed by atoms with Gasteiger partial charge in [-0.2, -0.15) is 0 Å². The van der Waals surface area contributed by atoms with E-state index in [4.69, 9.17) is 0 Å². The minimum absolute atomic E-state index is 0. The quantitative estimate of drug-likeness (QED) is 0.275. The summed E-state index contributed by atoms with van der Waals surface area (Å²) in [4.78, 5) is 4.67. The van der Waals surface area contributed by atoms with E-state index in [0.717, 1.165) is 12.8 Å². The number of pyridine rings is 1. The molecule has 0 aliphatic rings. The first-order valence-electron chi connectivity index (χ1n) is 9.53. The summed E-state index contributed by atoms with van der Waals surface area (Å²) in [7, 11) is 0. The van der Waals surface area contributed by atoms with Gasteiger partial charge in [0, 0.05) is 11.4 Å². The van der Waals surface area contributed by atoms with Crippen LogP contribution in [0.1, 0.15) is 90.4 Å². The molecule has 1 aromatic rings. The van der Waals surface area contributed by atoms with Gasteiger partial charge < -0.3 is 23.3 Å². The molecule has 0 spiro atoms. The molecule has 0 aliphatic carbocycles. The summed E-state index contributed by atoms with van der Waals surface area (Å²) in [5, 5.41) is 0. The molecule has 0 aromatic carbocycles. The van der Waals surface area contributed by atoms with E-state index in [-0.39, 0.29) is 28.5 Å². The maximum absolute atomic E-state index is 4.67. The predicted molar refractivity (Wildman–Crippen MR) is 118 cm³/mol. The molecule has 0 fully saturated rings. The standard InChI is InChI=1S/C13H21N.C11H18.CH4.W/c1-8(2)7-13-11(5)9(3)10(4)12(6)14-13;1-6-10(4)11(5)8-7-9(2)3;;/h8H,7H2,1-6H3;9H,7H2,1-5H3;1H4;/q;-2;;+2. The van der Waals surface area contributed by atoms with E-state index in [1.165, 1.54) is 39.2 Å². The summed E-state index contributed by atoms with van der Waals surface area (Å²) in [6.45, 7) is 23.6. The van der Waals surface area contributed by atoms with Crippen LogP contribution >= 0.6 is 0 Å². The first-order valence-corrected chi connectivity index (χ1v) is 9.53. The normalized spacial score (nSPS) is 11.6. The van der Waals surface area contributed by atoms with Crippen LogP contribution in [0.15, 0.2) is 11.1 Å². The number of hydrogen-bond donors (Lipinski definition) is 0. The van der Waals surface area contributed by atoms with Gasteiger partial charge in [0.15, 0.2) is 0 Å². The van der Waals surface area contributed by atoms with Crippen LogP contribution in [0.4, 0.5) is 0 Å². The second-order valence-electron chi connectivity index (χ2n) is 7.89. The van der Waals surface area contributed by atoms with Gasteiger partial charge >= 0.3 is 21.1 Å². The summed E-state index contributed by atoms with van der Waals surface area (Å²) < 4.78 is 0. The maximum atomic E-state index is 4.67. The summed E-state index contributed by atoms with van der Waals surface area (Å²) in [5.74, 6) is 1.39. The van der Waals surface area contributed by atoms with E-state index in [0.29, 0.717) is 11.8 Å². The minimum Gasteiger partial charge on any atom is -0.376 e. The van der Waals surface area contributed by atoms with Crippen molar-refractivity contribution in [3.8, 4) is 0 Å². The van der Waals surface area contributed by atoms with Crippen molar-refractivity contribution in [1.82, 2.24) is 4.98 Å². The average Bonchev–Trinajstić information content (AvgIpc) is 2.54. The number of aryl methyl sites for hydroxylation is 1. The molecule has 154 valence electrons. The molecule has 0 atom stereocenters. The number of rotatable bonds is 5. The summed E-state index contributed by atoms with van der Waals surface area (Å²) in [6.07, 6.45) is 8.59. The van der Waals surface area contributed by atoms with Gasteiger partial charge in [-0.15, -0.1) is 27.2 Å². The third-order valence-corrected chi connectivity index (χ3v) is 4.72. The van der Waals surface area contributed by atoms with Crippen molar-refractivity contribution in [2.45, 2.75) is 96.4 Å². The third kappa shape index (κ3) is 11.7. The van der Waals surface area contributed by atoms with Crippen molar-refractivity contribution in [2.75, 3.05) is 0 Å². The fourth-order valence-electron chi connectivity index (χ4n) is 2.40. The van der Waals surface area contributed by atoms with Crippen LogP contribution in [0, 0.1) is 51.7 Å². The van der Waals surface area contributed by atoms with E-state index >= 15 is 0 Å². The number of allylic oxidation sites excluding steroid dienone is 4. The molecule has 2 heteroatoms. The van der Waals surface area contributed by atoms with Gasteiger partial charge in [0.1, 0.15) is 0 Å². The molecular formula is C25H43NW. The zero-order chi connectivity index (χ0) is 19.7. The molecule has 1 rings (SSSR count). The van der Waals surface area contributed by atoms with Crippen LogP contribution in [0.5, 0.6) is 0 Å².